The Morgan fingerprint density at radius 3 is 2.50 bits per heavy atom. The highest BCUT2D eigenvalue weighted by molar-refractivity contribution is 5.80. The van der Waals surface area contributed by atoms with Gasteiger partial charge in [-0.05, 0) is 11.3 Å². The van der Waals surface area contributed by atoms with Crippen LogP contribution in [0, 0.1) is 0 Å². The van der Waals surface area contributed by atoms with Crippen molar-refractivity contribution in [3.8, 4) is 0 Å². The molecule has 0 amide bonds. The summed E-state index contributed by atoms with van der Waals surface area (Å²) in [7, 11) is 2.01. The van der Waals surface area contributed by atoms with Gasteiger partial charge in [0.15, 0.2) is 0 Å². The van der Waals surface area contributed by atoms with Gasteiger partial charge >= 0.3 is 0 Å². The van der Waals surface area contributed by atoms with E-state index < -0.39 is 0 Å². The van der Waals surface area contributed by atoms with Crippen molar-refractivity contribution in [2.45, 2.75) is 0 Å². The second-order valence-electron chi connectivity index (χ2n) is 3.00. The predicted molar refractivity (Wildman–Crippen MR) is 53.2 cm³/mol. The van der Waals surface area contributed by atoms with Crippen LogP contribution in [0.15, 0.2) is 24.3 Å². The molecule has 1 aromatic heterocycles. The van der Waals surface area contributed by atoms with Gasteiger partial charge in [-0.3, -0.25) is 0 Å². The lowest BCUT2D eigenvalue weighted by atomic mass is 10.2. The highest BCUT2D eigenvalue weighted by Gasteiger charge is 1.98. The van der Waals surface area contributed by atoms with Gasteiger partial charge in [0.25, 0.3) is 0 Å². The van der Waals surface area contributed by atoms with Crippen molar-refractivity contribution in [3.63, 3.8) is 0 Å². The third-order valence-electron chi connectivity index (χ3n) is 2.34. The maximum atomic E-state index is 3.99. The van der Waals surface area contributed by atoms with E-state index in [0.29, 0.717) is 0 Å². The van der Waals surface area contributed by atoms with Gasteiger partial charge in [0.2, 0.25) is 0 Å². The third-order valence-corrected chi connectivity index (χ3v) is 2.34. The van der Waals surface area contributed by atoms with Crippen molar-refractivity contribution in [2.24, 2.45) is 7.05 Å². The van der Waals surface area contributed by atoms with Gasteiger partial charge in [0.05, 0.1) is 0 Å². The number of aryl methyl sites for hydroxylation is 1. The van der Waals surface area contributed by atoms with E-state index in [1.165, 1.54) is 10.9 Å². The average Bonchev–Trinajstić information content (AvgIpc) is 2.33. The number of nitrogens with zero attached hydrogens (tertiary/aromatic N) is 1. The lowest BCUT2D eigenvalue weighted by Gasteiger charge is -1.93. The molecule has 0 spiro atoms. The van der Waals surface area contributed by atoms with Crippen LogP contribution in [0.2, 0.25) is 0 Å². The van der Waals surface area contributed by atoms with Crippen molar-refractivity contribution in [1.29, 1.82) is 0 Å². The van der Waals surface area contributed by atoms with E-state index in [1.807, 2.05) is 19.2 Å². The molecule has 2 aromatic rings. The first-order valence-corrected chi connectivity index (χ1v) is 3.93. The minimum absolute atomic E-state index is 0.996. The first kappa shape index (κ1) is 7.17. The second-order valence-corrected chi connectivity index (χ2v) is 3.00. The summed E-state index contributed by atoms with van der Waals surface area (Å²) >= 11 is 0. The van der Waals surface area contributed by atoms with Crippen LogP contribution < -0.4 is 10.6 Å². The molecule has 1 aromatic carbocycles. The monoisotopic (exact) mass is 157 g/mol. The van der Waals surface area contributed by atoms with Gasteiger partial charge in [-0.1, -0.05) is 31.4 Å². The van der Waals surface area contributed by atoms with Crippen molar-refractivity contribution in [2.75, 3.05) is 0 Å². The van der Waals surface area contributed by atoms with Crippen LogP contribution in [-0.2, 0) is 7.05 Å². The van der Waals surface area contributed by atoms with Crippen LogP contribution in [0.25, 0.3) is 24.1 Å². The normalized spacial score (nSPS) is 10.8. The Bertz CT molecular complexity index is 520. The minimum Gasteiger partial charge on any atom is -0.344 e. The Morgan fingerprint density at radius 2 is 1.83 bits per heavy atom. The fourth-order valence-corrected chi connectivity index (χ4v) is 1.52. The molecule has 0 radical (unpaired) electrons. The summed E-state index contributed by atoms with van der Waals surface area (Å²) in [6, 6.07) is 8.21. The van der Waals surface area contributed by atoms with Crippen LogP contribution in [-0.4, -0.2) is 4.57 Å². The molecule has 1 heteroatoms. The van der Waals surface area contributed by atoms with Crippen molar-refractivity contribution < 1.29 is 0 Å². The van der Waals surface area contributed by atoms with E-state index in [0.717, 1.165) is 10.6 Å². The zero-order valence-corrected chi connectivity index (χ0v) is 7.17. The quantitative estimate of drug-likeness (QED) is 0.537. The number of hydrogen-bond acceptors (Lipinski definition) is 0. The SMILES string of the molecule is C=c1c(=C)n(C)c2ccccc12. The maximum absolute atomic E-state index is 3.99. The molecule has 60 valence electrons. The fourth-order valence-electron chi connectivity index (χ4n) is 1.52. The Hall–Kier alpha value is -1.50. The van der Waals surface area contributed by atoms with Crippen LogP contribution in [0.3, 0.4) is 0 Å². The first-order valence-electron chi connectivity index (χ1n) is 3.93. The molecule has 0 saturated heterocycles. The minimum atomic E-state index is 0.996. The van der Waals surface area contributed by atoms with Crippen LogP contribution in [0.1, 0.15) is 0 Å². The van der Waals surface area contributed by atoms with Gasteiger partial charge < -0.3 is 4.57 Å². The van der Waals surface area contributed by atoms with E-state index in [1.54, 1.807) is 0 Å². The smallest absolute Gasteiger partial charge is 0.0488 e. The zero-order chi connectivity index (χ0) is 8.72. The lowest BCUT2D eigenvalue weighted by Crippen LogP contribution is -2.24. The predicted octanol–water partition coefficient (Wildman–Crippen LogP) is 0.999. The Kier molecular flexibility index (Phi) is 1.34. The van der Waals surface area contributed by atoms with Gasteiger partial charge in [-0.2, -0.15) is 0 Å². The van der Waals surface area contributed by atoms with Gasteiger partial charge in [-0.25, -0.2) is 0 Å². The molecule has 2 rings (SSSR count). The van der Waals surface area contributed by atoms with E-state index in [4.69, 9.17) is 0 Å². The molecule has 1 heterocycles. The number of hydrogen-bond donors (Lipinski definition) is 0. The fraction of sp³-hybridized carbons (Fsp3) is 0.0909. The number of fused-ring (bicyclic) bond motifs is 1. The topological polar surface area (TPSA) is 4.93 Å². The summed E-state index contributed by atoms with van der Waals surface area (Å²) in [6.07, 6.45) is 0. The Labute approximate surface area is 71.2 Å². The van der Waals surface area contributed by atoms with E-state index in [9.17, 15) is 0 Å². The van der Waals surface area contributed by atoms with Crippen molar-refractivity contribution in [1.82, 2.24) is 4.57 Å². The van der Waals surface area contributed by atoms with Gasteiger partial charge in [-0.15, -0.1) is 0 Å². The Morgan fingerprint density at radius 1 is 1.17 bits per heavy atom. The molecule has 0 fully saturated rings. The number of benzene rings is 1. The molecule has 0 atom stereocenters. The molecule has 1 nitrogen and oxygen atoms in total. The number of rotatable bonds is 0. The number of aromatic nitrogens is 1. The first-order chi connectivity index (χ1) is 5.72. The summed E-state index contributed by atoms with van der Waals surface area (Å²) in [6.45, 7) is 7.94. The summed E-state index contributed by atoms with van der Waals surface area (Å²) in [4.78, 5) is 0. The summed E-state index contributed by atoms with van der Waals surface area (Å²) in [5, 5.41) is 3.23. The molecule has 0 N–H and O–H groups in total. The maximum Gasteiger partial charge on any atom is 0.0488 e. The molecule has 0 aliphatic carbocycles. The zero-order valence-electron chi connectivity index (χ0n) is 7.17. The van der Waals surface area contributed by atoms with Crippen LogP contribution in [0.4, 0.5) is 0 Å². The molecular formula is C11H11N. The molecule has 0 aliphatic rings. The van der Waals surface area contributed by atoms with Gasteiger partial charge in [0.1, 0.15) is 0 Å². The summed E-state index contributed by atoms with van der Waals surface area (Å²) < 4.78 is 2.07. The average molecular weight is 157 g/mol. The second kappa shape index (κ2) is 2.24. The standard InChI is InChI=1S/C11H11N/c1-8-9(2)12(3)11-7-5-4-6-10(8)11/h4-7H,1-2H2,3H3. The molecule has 0 saturated carbocycles. The third kappa shape index (κ3) is 0.735. The molecule has 12 heavy (non-hydrogen) atoms. The summed E-state index contributed by atoms with van der Waals surface area (Å²) in [5.41, 5.74) is 1.20. The van der Waals surface area contributed by atoms with Crippen molar-refractivity contribution >= 4 is 24.1 Å². The molecular weight excluding hydrogens is 146 g/mol. The van der Waals surface area contributed by atoms with E-state index in [-0.39, 0.29) is 0 Å². The molecule has 0 bridgehead atoms. The highest BCUT2D eigenvalue weighted by atomic mass is 14.9. The highest BCUT2D eigenvalue weighted by Crippen LogP contribution is 2.05. The van der Waals surface area contributed by atoms with Crippen LogP contribution >= 0.6 is 0 Å². The largest absolute Gasteiger partial charge is 0.344 e. The molecule has 0 aliphatic heterocycles. The van der Waals surface area contributed by atoms with Crippen molar-refractivity contribution in [3.05, 3.63) is 34.8 Å². The lowest BCUT2D eigenvalue weighted by molar-refractivity contribution is 0.928. The summed E-state index contributed by atoms with van der Waals surface area (Å²) in [5.74, 6) is 0. The van der Waals surface area contributed by atoms with E-state index in [2.05, 4.69) is 29.9 Å². The number of para-hydroxylation sites is 1. The van der Waals surface area contributed by atoms with Gasteiger partial charge in [0, 0.05) is 23.3 Å². The van der Waals surface area contributed by atoms with E-state index >= 15 is 0 Å². The molecule has 0 unspecified atom stereocenters. The van der Waals surface area contributed by atoms with Crippen LogP contribution in [0.5, 0.6) is 0 Å². The Balaban J connectivity index is 3.21.